The average molecular weight is 275 g/mol. The first-order chi connectivity index (χ1) is 9.65. The van der Waals surface area contributed by atoms with Gasteiger partial charge in [-0.2, -0.15) is 0 Å². The quantitative estimate of drug-likeness (QED) is 0.620. The van der Waals surface area contributed by atoms with Crippen LogP contribution in [0.1, 0.15) is 5.76 Å². The lowest BCUT2D eigenvalue weighted by molar-refractivity contribution is -0.384. The molecule has 0 spiro atoms. The fourth-order valence-corrected chi connectivity index (χ4v) is 1.54. The molecule has 7 heteroatoms. The Morgan fingerprint density at radius 3 is 2.60 bits per heavy atom. The Bertz CT molecular complexity index is 578. The van der Waals surface area contributed by atoms with E-state index < -0.39 is 4.92 Å². The van der Waals surface area contributed by atoms with Crippen molar-refractivity contribution in [2.75, 3.05) is 11.9 Å². The molecule has 0 aliphatic rings. The lowest BCUT2D eigenvalue weighted by Gasteiger charge is -2.06. The van der Waals surface area contributed by atoms with Crippen LogP contribution in [-0.4, -0.2) is 17.4 Å². The van der Waals surface area contributed by atoms with Crippen LogP contribution in [0.4, 0.5) is 11.4 Å². The highest BCUT2D eigenvalue weighted by Crippen LogP contribution is 2.14. The maximum atomic E-state index is 11.6. The Kier molecular flexibility index (Phi) is 4.33. The minimum atomic E-state index is -0.472. The summed E-state index contributed by atoms with van der Waals surface area (Å²) in [7, 11) is 0. The molecule has 1 aromatic carbocycles. The molecule has 7 nitrogen and oxygen atoms in total. The van der Waals surface area contributed by atoms with Crippen LogP contribution in [-0.2, 0) is 11.3 Å². The number of amides is 1. The molecular formula is C13H13N3O4. The van der Waals surface area contributed by atoms with Gasteiger partial charge in [-0.1, -0.05) is 0 Å². The molecule has 0 saturated carbocycles. The number of rotatable bonds is 6. The number of nitrogens with zero attached hydrogens (tertiary/aromatic N) is 1. The van der Waals surface area contributed by atoms with Gasteiger partial charge in [-0.25, -0.2) is 0 Å². The zero-order valence-corrected chi connectivity index (χ0v) is 10.5. The van der Waals surface area contributed by atoms with E-state index in [2.05, 4.69) is 10.6 Å². The van der Waals surface area contributed by atoms with Crippen molar-refractivity contribution in [3.05, 3.63) is 58.5 Å². The predicted octanol–water partition coefficient (Wildman–Crippen LogP) is 1.92. The molecule has 0 saturated heterocycles. The Morgan fingerprint density at radius 2 is 2.00 bits per heavy atom. The summed E-state index contributed by atoms with van der Waals surface area (Å²) in [6.45, 7) is 0.409. The van der Waals surface area contributed by atoms with Crippen molar-refractivity contribution in [2.24, 2.45) is 0 Å². The number of carbonyl (C=O) groups is 1. The summed E-state index contributed by atoms with van der Waals surface area (Å²) >= 11 is 0. The second kappa shape index (κ2) is 6.37. The fourth-order valence-electron chi connectivity index (χ4n) is 1.54. The minimum absolute atomic E-state index is 0.0119. The third kappa shape index (κ3) is 3.84. The Morgan fingerprint density at radius 1 is 1.25 bits per heavy atom. The van der Waals surface area contributed by atoms with E-state index >= 15 is 0 Å². The Labute approximate surface area is 114 Å². The third-order valence-corrected chi connectivity index (χ3v) is 2.57. The van der Waals surface area contributed by atoms with E-state index in [1.165, 1.54) is 18.4 Å². The van der Waals surface area contributed by atoms with E-state index in [1.807, 2.05) is 0 Å². The number of benzene rings is 1. The summed E-state index contributed by atoms with van der Waals surface area (Å²) in [6.07, 6.45) is 1.54. The van der Waals surface area contributed by atoms with Crippen LogP contribution in [0.3, 0.4) is 0 Å². The van der Waals surface area contributed by atoms with Gasteiger partial charge in [0.05, 0.1) is 24.3 Å². The molecule has 1 heterocycles. The first kappa shape index (κ1) is 13.6. The number of non-ortho nitro benzene ring substituents is 1. The summed E-state index contributed by atoms with van der Waals surface area (Å²) in [5.74, 6) is 0.480. The zero-order valence-electron chi connectivity index (χ0n) is 10.5. The van der Waals surface area contributed by atoms with Crippen molar-refractivity contribution < 1.29 is 14.1 Å². The van der Waals surface area contributed by atoms with Crippen molar-refractivity contribution in [3.8, 4) is 0 Å². The number of furan rings is 1. The third-order valence-electron chi connectivity index (χ3n) is 2.57. The van der Waals surface area contributed by atoms with Gasteiger partial charge in [0.15, 0.2) is 0 Å². The van der Waals surface area contributed by atoms with Crippen molar-refractivity contribution >= 4 is 17.3 Å². The molecule has 2 N–H and O–H groups in total. The van der Waals surface area contributed by atoms with Crippen molar-refractivity contribution in [1.82, 2.24) is 5.32 Å². The number of nitro benzene ring substituents is 1. The minimum Gasteiger partial charge on any atom is -0.467 e. The summed E-state index contributed by atoms with van der Waals surface area (Å²) in [5, 5.41) is 16.0. The number of carbonyl (C=O) groups excluding carboxylic acids is 1. The maximum Gasteiger partial charge on any atom is 0.269 e. The number of hydrogen-bond donors (Lipinski definition) is 2. The molecule has 20 heavy (non-hydrogen) atoms. The largest absolute Gasteiger partial charge is 0.467 e. The molecule has 0 unspecified atom stereocenters. The number of anilines is 1. The average Bonchev–Trinajstić information content (AvgIpc) is 2.96. The van der Waals surface area contributed by atoms with Crippen LogP contribution in [0.2, 0.25) is 0 Å². The van der Waals surface area contributed by atoms with Gasteiger partial charge in [0.2, 0.25) is 5.91 Å². The lowest BCUT2D eigenvalue weighted by atomic mass is 10.3. The highest BCUT2D eigenvalue weighted by Gasteiger charge is 2.05. The number of hydrogen-bond acceptors (Lipinski definition) is 5. The second-order valence-corrected chi connectivity index (χ2v) is 4.01. The molecule has 2 rings (SSSR count). The van der Waals surface area contributed by atoms with Gasteiger partial charge in [0.1, 0.15) is 5.76 Å². The number of nitro groups is 1. The van der Waals surface area contributed by atoms with Crippen molar-refractivity contribution in [1.29, 1.82) is 0 Å². The van der Waals surface area contributed by atoms with Crippen LogP contribution < -0.4 is 10.6 Å². The molecule has 0 aliphatic heterocycles. The van der Waals surface area contributed by atoms with Crippen molar-refractivity contribution in [2.45, 2.75) is 6.54 Å². The monoisotopic (exact) mass is 275 g/mol. The number of nitrogens with one attached hydrogen (secondary N) is 2. The normalized spacial score (nSPS) is 10.0. The van der Waals surface area contributed by atoms with Crippen LogP contribution in [0, 0.1) is 10.1 Å². The highest BCUT2D eigenvalue weighted by molar-refractivity contribution is 5.80. The Hall–Kier alpha value is -2.83. The molecule has 2 aromatic rings. The summed E-state index contributed by atoms with van der Waals surface area (Å²) in [4.78, 5) is 21.6. The standard InChI is InChI=1S/C13H13N3O4/c17-13(15-8-12-2-1-7-20-12)9-14-10-3-5-11(6-4-10)16(18)19/h1-7,14H,8-9H2,(H,15,17). The summed E-state index contributed by atoms with van der Waals surface area (Å²) in [5.41, 5.74) is 0.654. The van der Waals surface area contributed by atoms with E-state index in [1.54, 1.807) is 24.3 Å². The first-order valence-electron chi connectivity index (χ1n) is 5.92. The first-order valence-corrected chi connectivity index (χ1v) is 5.92. The van der Waals surface area contributed by atoms with Gasteiger partial charge < -0.3 is 15.1 Å². The summed E-state index contributed by atoms with van der Waals surface area (Å²) in [6, 6.07) is 9.38. The molecule has 0 fully saturated rings. The van der Waals surface area contributed by atoms with E-state index in [4.69, 9.17) is 4.42 Å². The van der Waals surface area contributed by atoms with Crippen LogP contribution in [0.5, 0.6) is 0 Å². The molecule has 0 bridgehead atoms. The van der Waals surface area contributed by atoms with Crippen LogP contribution in [0.25, 0.3) is 0 Å². The van der Waals surface area contributed by atoms with Gasteiger partial charge in [-0.05, 0) is 24.3 Å². The SMILES string of the molecule is O=C(CNc1ccc([N+](=O)[O-])cc1)NCc1ccco1. The molecule has 1 aromatic heterocycles. The smallest absolute Gasteiger partial charge is 0.269 e. The van der Waals surface area contributed by atoms with Gasteiger partial charge in [-0.3, -0.25) is 14.9 Å². The van der Waals surface area contributed by atoms with Gasteiger partial charge in [0.25, 0.3) is 5.69 Å². The highest BCUT2D eigenvalue weighted by atomic mass is 16.6. The topological polar surface area (TPSA) is 97.4 Å². The van der Waals surface area contributed by atoms with Gasteiger partial charge >= 0.3 is 0 Å². The zero-order chi connectivity index (χ0) is 14.4. The molecule has 0 radical (unpaired) electrons. The fraction of sp³-hybridized carbons (Fsp3) is 0.154. The maximum absolute atomic E-state index is 11.6. The molecular weight excluding hydrogens is 262 g/mol. The van der Waals surface area contributed by atoms with Crippen molar-refractivity contribution in [3.63, 3.8) is 0 Å². The van der Waals surface area contributed by atoms with Crippen LogP contribution in [0.15, 0.2) is 47.1 Å². The molecule has 104 valence electrons. The summed E-state index contributed by atoms with van der Waals surface area (Å²) < 4.78 is 5.08. The van der Waals surface area contributed by atoms with Gasteiger partial charge in [0, 0.05) is 17.8 Å². The predicted molar refractivity (Wildman–Crippen MR) is 72.1 cm³/mol. The molecule has 1 amide bonds. The Balaban J connectivity index is 1.76. The lowest BCUT2D eigenvalue weighted by Crippen LogP contribution is -2.29. The molecule has 0 aliphatic carbocycles. The van der Waals surface area contributed by atoms with E-state index in [0.717, 1.165) is 0 Å². The second-order valence-electron chi connectivity index (χ2n) is 4.01. The van der Waals surface area contributed by atoms with E-state index in [-0.39, 0.29) is 18.1 Å². The van der Waals surface area contributed by atoms with E-state index in [0.29, 0.717) is 18.0 Å². The van der Waals surface area contributed by atoms with Crippen LogP contribution >= 0.6 is 0 Å². The molecule has 0 atom stereocenters. The van der Waals surface area contributed by atoms with Gasteiger partial charge in [-0.15, -0.1) is 0 Å². The van der Waals surface area contributed by atoms with E-state index in [9.17, 15) is 14.9 Å².